The van der Waals surface area contributed by atoms with E-state index < -0.39 is 0 Å². The average molecular weight is 291 g/mol. The maximum atomic E-state index is 12.0. The van der Waals surface area contributed by atoms with Crippen molar-refractivity contribution >= 4 is 11.6 Å². The highest BCUT2D eigenvalue weighted by Gasteiger charge is 2.13. The molecule has 0 radical (unpaired) electrons. The summed E-state index contributed by atoms with van der Waals surface area (Å²) in [6.07, 6.45) is 1.17. The fourth-order valence-electron chi connectivity index (χ4n) is 2.35. The van der Waals surface area contributed by atoms with Gasteiger partial charge in [0.25, 0.3) is 0 Å². The SMILES string of the molecule is CC(N)CCC(=O)Nc1ccccc1CN1CCOCC1. The van der Waals surface area contributed by atoms with Crippen molar-refractivity contribution in [1.82, 2.24) is 4.90 Å². The number of carbonyl (C=O) groups is 1. The number of hydrogen-bond donors (Lipinski definition) is 2. The van der Waals surface area contributed by atoms with Crippen molar-refractivity contribution in [2.75, 3.05) is 31.6 Å². The van der Waals surface area contributed by atoms with Gasteiger partial charge in [-0.2, -0.15) is 0 Å². The van der Waals surface area contributed by atoms with Crippen molar-refractivity contribution in [1.29, 1.82) is 0 Å². The first-order valence-electron chi connectivity index (χ1n) is 7.58. The van der Waals surface area contributed by atoms with Crippen LogP contribution in [0.25, 0.3) is 0 Å². The lowest BCUT2D eigenvalue weighted by atomic mass is 10.1. The summed E-state index contributed by atoms with van der Waals surface area (Å²) in [5.74, 6) is 0.0294. The van der Waals surface area contributed by atoms with E-state index in [1.54, 1.807) is 0 Å². The second-order valence-corrected chi connectivity index (χ2v) is 5.61. The molecule has 0 saturated carbocycles. The fraction of sp³-hybridized carbons (Fsp3) is 0.562. The van der Waals surface area contributed by atoms with Crippen LogP contribution >= 0.6 is 0 Å². The normalized spacial score (nSPS) is 17.4. The van der Waals surface area contributed by atoms with Gasteiger partial charge in [-0.3, -0.25) is 9.69 Å². The number of nitrogens with two attached hydrogens (primary N) is 1. The van der Waals surface area contributed by atoms with E-state index in [0.717, 1.165) is 44.1 Å². The van der Waals surface area contributed by atoms with Crippen molar-refractivity contribution in [2.45, 2.75) is 32.4 Å². The largest absolute Gasteiger partial charge is 0.379 e. The van der Waals surface area contributed by atoms with Crippen LogP contribution in [0.15, 0.2) is 24.3 Å². The van der Waals surface area contributed by atoms with E-state index in [0.29, 0.717) is 12.8 Å². The molecule has 5 heteroatoms. The molecule has 116 valence electrons. The molecule has 1 aliphatic heterocycles. The van der Waals surface area contributed by atoms with Gasteiger partial charge in [0.05, 0.1) is 13.2 Å². The lowest BCUT2D eigenvalue weighted by molar-refractivity contribution is -0.116. The number of morpholine rings is 1. The number of ether oxygens (including phenoxy) is 1. The summed E-state index contributed by atoms with van der Waals surface area (Å²) in [4.78, 5) is 14.3. The van der Waals surface area contributed by atoms with Gasteiger partial charge < -0.3 is 15.8 Å². The summed E-state index contributed by atoms with van der Waals surface area (Å²) >= 11 is 0. The molecular formula is C16H25N3O2. The zero-order valence-electron chi connectivity index (χ0n) is 12.7. The van der Waals surface area contributed by atoms with Gasteiger partial charge in [0.2, 0.25) is 5.91 Å². The van der Waals surface area contributed by atoms with Gasteiger partial charge in [-0.05, 0) is 25.0 Å². The Morgan fingerprint density at radius 3 is 2.81 bits per heavy atom. The Hall–Kier alpha value is -1.43. The summed E-state index contributed by atoms with van der Waals surface area (Å²) < 4.78 is 5.36. The van der Waals surface area contributed by atoms with Crippen molar-refractivity contribution < 1.29 is 9.53 Å². The quantitative estimate of drug-likeness (QED) is 0.835. The van der Waals surface area contributed by atoms with Crippen LogP contribution < -0.4 is 11.1 Å². The van der Waals surface area contributed by atoms with Crippen LogP contribution in [-0.4, -0.2) is 43.2 Å². The smallest absolute Gasteiger partial charge is 0.224 e. The monoisotopic (exact) mass is 291 g/mol. The number of benzene rings is 1. The van der Waals surface area contributed by atoms with Gasteiger partial charge in [-0.1, -0.05) is 18.2 Å². The van der Waals surface area contributed by atoms with Crippen LogP contribution in [0.3, 0.4) is 0 Å². The predicted molar refractivity (Wildman–Crippen MR) is 84.1 cm³/mol. The molecule has 0 aliphatic carbocycles. The number of hydrogen-bond acceptors (Lipinski definition) is 4. The van der Waals surface area contributed by atoms with Gasteiger partial charge >= 0.3 is 0 Å². The summed E-state index contributed by atoms with van der Waals surface area (Å²) in [7, 11) is 0. The Bertz CT molecular complexity index is 457. The molecule has 1 aromatic rings. The molecule has 0 bridgehead atoms. The van der Waals surface area contributed by atoms with Gasteiger partial charge in [0.15, 0.2) is 0 Å². The minimum atomic E-state index is 0.0294. The molecule has 1 atom stereocenters. The Balaban J connectivity index is 1.94. The number of amides is 1. The van der Waals surface area contributed by atoms with Gasteiger partial charge in [-0.15, -0.1) is 0 Å². The molecule has 1 fully saturated rings. The van der Waals surface area contributed by atoms with Gasteiger partial charge in [-0.25, -0.2) is 0 Å². The fourth-order valence-corrected chi connectivity index (χ4v) is 2.35. The van der Waals surface area contributed by atoms with Gasteiger partial charge in [0.1, 0.15) is 0 Å². The Kier molecular flexibility index (Phi) is 6.17. The third-order valence-corrected chi connectivity index (χ3v) is 3.62. The van der Waals surface area contributed by atoms with E-state index >= 15 is 0 Å². The zero-order valence-corrected chi connectivity index (χ0v) is 12.7. The molecule has 3 N–H and O–H groups in total. The molecule has 1 saturated heterocycles. The van der Waals surface area contributed by atoms with Crippen LogP contribution in [0.2, 0.25) is 0 Å². The predicted octanol–water partition coefficient (Wildman–Crippen LogP) is 1.58. The van der Waals surface area contributed by atoms with Crippen molar-refractivity contribution in [3.05, 3.63) is 29.8 Å². The van der Waals surface area contributed by atoms with E-state index in [1.165, 1.54) is 0 Å². The summed E-state index contributed by atoms with van der Waals surface area (Å²) in [5, 5.41) is 3.00. The first-order chi connectivity index (χ1) is 10.1. The first kappa shape index (κ1) is 15.9. The Morgan fingerprint density at radius 1 is 1.38 bits per heavy atom. The van der Waals surface area contributed by atoms with Crippen LogP contribution in [0, 0.1) is 0 Å². The molecular weight excluding hydrogens is 266 g/mol. The average Bonchev–Trinajstić information content (AvgIpc) is 2.48. The zero-order chi connectivity index (χ0) is 15.1. The number of nitrogens with zero attached hydrogens (tertiary/aromatic N) is 1. The summed E-state index contributed by atoms with van der Waals surface area (Å²) in [5.41, 5.74) is 7.74. The van der Waals surface area contributed by atoms with Crippen LogP contribution in [0.1, 0.15) is 25.3 Å². The van der Waals surface area contributed by atoms with E-state index in [-0.39, 0.29) is 11.9 Å². The minimum absolute atomic E-state index is 0.0294. The molecule has 5 nitrogen and oxygen atoms in total. The van der Waals surface area contributed by atoms with Crippen molar-refractivity contribution in [3.63, 3.8) is 0 Å². The first-order valence-corrected chi connectivity index (χ1v) is 7.58. The number of nitrogens with one attached hydrogen (secondary N) is 1. The molecule has 0 spiro atoms. The number of anilines is 1. The third-order valence-electron chi connectivity index (χ3n) is 3.62. The highest BCUT2D eigenvalue weighted by atomic mass is 16.5. The maximum Gasteiger partial charge on any atom is 0.224 e. The van der Waals surface area contributed by atoms with E-state index in [9.17, 15) is 4.79 Å². The number of para-hydroxylation sites is 1. The summed E-state index contributed by atoms with van der Waals surface area (Å²) in [6.45, 7) is 6.19. The molecule has 1 aliphatic rings. The molecule has 2 rings (SSSR count). The highest BCUT2D eigenvalue weighted by Crippen LogP contribution is 2.18. The van der Waals surface area contributed by atoms with Crippen molar-refractivity contribution in [3.8, 4) is 0 Å². The van der Waals surface area contributed by atoms with E-state index in [4.69, 9.17) is 10.5 Å². The minimum Gasteiger partial charge on any atom is -0.379 e. The lowest BCUT2D eigenvalue weighted by Gasteiger charge is -2.27. The molecule has 1 unspecified atom stereocenters. The van der Waals surface area contributed by atoms with Crippen molar-refractivity contribution in [2.24, 2.45) is 5.73 Å². The Morgan fingerprint density at radius 2 is 2.10 bits per heavy atom. The molecule has 1 heterocycles. The highest BCUT2D eigenvalue weighted by molar-refractivity contribution is 5.91. The molecule has 1 amide bonds. The third kappa shape index (κ3) is 5.46. The molecule has 21 heavy (non-hydrogen) atoms. The van der Waals surface area contributed by atoms with Gasteiger partial charge in [0, 0.05) is 37.8 Å². The number of carbonyl (C=O) groups excluding carboxylic acids is 1. The lowest BCUT2D eigenvalue weighted by Crippen LogP contribution is -2.35. The summed E-state index contributed by atoms with van der Waals surface area (Å²) in [6, 6.07) is 8.03. The molecule has 1 aromatic carbocycles. The topological polar surface area (TPSA) is 67.6 Å². The second-order valence-electron chi connectivity index (χ2n) is 5.61. The Labute approximate surface area is 126 Å². The van der Waals surface area contributed by atoms with Crippen LogP contribution in [0.4, 0.5) is 5.69 Å². The van der Waals surface area contributed by atoms with Crippen LogP contribution in [-0.2, 0) is 16.1 Å². The molecule has 0 aromatic heterocycles. The van der Waals surface area contributed by atoms with E-state index in [1.807, 2.05) is 25.1 Å². The number of rotatable bonds is 6. The van der Waals surface area contributed by atoms with Crippen LogP contribution in [0.5, 0.6) is 0 Å². The standard InChI is InChI=1S/C16H25N3O2/c1-13(17)6-7-16(20)18-15-5-3-2-4-14(15)12-19-8-10-21-11-9-19/h2-5,13H,6-12,17H2,1H3,(H,18,20). The maximum absolute atomic E-state index is 12.0. The van der Waals surface area contributed by atoms with E-state index in [2.05, 4.69) is 16.3 Å². The second kappa shape index (κ2) is 8.12.